The predicted molar refractivity (Wildman–Crippen MR) is 110 cm³/mol. The summed E-state index contributed by atoms with van der Waals surface area (Å²) in [4.78, 5) is 0. The molecular formula is C24H40F2O2. The van der Waals surface area contributed by atoms with Crippen LogP contribution in [0.5, 0.6) is 0 Å². The molecule has 2 nitrogen and oxygen atoms in total. The Morgan fingerprint density at radius 3 is 1.57 bits per heavy atom. The van der Waals surface area contributed by atoms with Crippen LogP contribution in [-0.2, 0) is 9.47 Å². The zero-order valence-electron chi connectivity index (χ0n) is 17.7. The highest BCUT2D eigenvalue weighted by Crippen LogP contribution is 2.35. The van der Waals surface area contributed by atoms with Gasteiger partial charge in [0.25, 0.3) is 0 Å². The molecule has 3 aliphatic carbocycles. The van der Waals surface area contributed by atoms with Gasteiger partial charge in [-0.2, -0.15) is 0 Å². The van der Waals surface area contributed by atoms with Gasteiger partial charge in [-0.25, -0.2) is 8.78 Å². The molecule has 3 saturated carbocycles. The van der Waals surface area contributed by atoms with Crippen molar-refractivity contribution in [3.63, 3.8) is 0 Å². The van der Waals surface area contributed by atoms with Gasteiger partial charge in [-0.1, -0.05) is 32.3 Å². The number of hydrogen-bond acceptors (Lipinski definition) is 2. The number of hydrogen-bond donors (Lipinski definition) is 0. The average molecular weight is 399 g/mol. The third kappa shape index (κ3) is 6.01. The number of rotatable bonds is 8. The van der Waals surface area contributed by atoms with Gasteiger partial charge in [0.05, 0.1) is 12.2 Å². The molecule has 3 rings (SSSR count). The van der Waals surface area contributed by atoms with Crippen molar-refractivity contribution in [1.29, 1.82) is 0 Å². The molecular weight excluding hydrogens is 358 g/mol. The van der Waals surface area contributed by atoms with E-state index in [1.54, 1.807) is 0 Å². The molecule has 0 N–H and O–H groups in total. The highest BCUT2D eigenvalue weighted by atomic mass is 19.2. The van der Waals surface area contributed by atoms with Gasteiger partial charge >= 0.3 is 0 Å². The van der Waals surface area contributed by atoms with Crippen LogP contribution in [0.15, 0.2) is 12.7 Å². The Hall–Kier alpha value is -0.480. The Balaban J connectivity index is 1.35. The molecule has 0 aromatic rings. The van der Waals surface area contributed by atoms with E-state index in [1.807, 2.05) is 6.08 Å². The molecule has 0 saturated heterocycles. The lowest BCUT2D eigenvalue weighted by Gasteiger charge is -2.37. The van der Waals surface area contributed by atoms with E-state index in [0.29, 0.717) is 43.8 Å². The molecule has 4 atom stereocenters. The summed E-state index contributed by atoms with van der Waals surface area (Å²) in [5.74, 6) is 2.46. The van der Waals surface area contributed by atoms with Gasteiger partial charge in [-0.05, 0) is 75.0 Å². The Bertz CT molecular complexity index is 456. The van der Waals surface area contributed by atoms with Crippen LogP contribution >= 0.6 is 0 Å². The second kappa shape index (κ2) is 11.1. The van der Waals surface area contributed by atoms with Gasteiger partial charge in [-0.3, -0.25) is 0 Å². The van der Waals surface area contributed by atoms with Crippen molar-refractivity contribution in [2.45, 2.75) is 102 Å². The summed E-state index contributed by atoms with van der Waals surface area (Å²) in [6.45, 7) is 7.28. The SMILES string of the molecule is C=CC1CCC(COC2CCC(OCC3CCC(CC)CC3)C(F)C2F)CC1. The topological polar surface area (TPSA) is 18.5 Å². The minimum Gasteiger partial charge on any atom is -0.375 e. The van der Waals surface area contributed by atoms with Crippen molar-refractivity contribution in [2.24, 2.45) is 23.7 Å². The molecule has 0 bridgehead atoms. The van der Waals surface area contributed by atoms with E-state index < -0.39 is 24.6 Å². The summed E-state index contributed by atoms with van der Waals surface area (Å²) in [5, 5.41) is 0. The fourth-order valence-corrected chi connectivity index (χ4v) is 5.32. The predicted octanol–water partition coefficient (Wildman–Crippen LogP) is 6.44. The monoisotopic (exact) mass is 398 g/mol. The number of ether oxygens (including phenoxy) is 2. The van der Waals surface area contributed by atoms with Crippen LogP contribution in [-0.4, -0.2) is 37.8 Å². The van der Waals surface area contributed by atoms with Gasteiger partial charge in [0, 0.05) is 13.2 Å². The van der Waals surface area contributed by atoms with Gasteiger partial charge in [0.1, 0.15) is 0 Å². The van der Waals surface area contributed by atoms with Gasteiger partial charge < -0.3 is 9.47 Å². The van der Waals surface area contributed by atoms with Crippen molar-refractivity contribution in [1.82, 2.24) is 0 Å². The fraction of sp³-hybridized carbons (Fsp3) is 0.917. The molecule has 0 radical (unpaired) electrons. The summed E-state index contributed by atoms with van der Waals surface area (Å²) in [6.07, 6.45) is 9.45. The summed E-state index contributed by atoms with van der Waals surface area (Å²) in [6, 6.07) is 0. The van der Waals surface area contributed by atoms with Crippen LogP contribution in [0.25, 0.3) is 0 Å². The maximum atomic E-state index is 14.6. The van der Waals surface area contributed by atoms with Crippen molar-refractivity contribution in [3.05, 3.63) is 12.7 Å². The second-order valence-corrected chi connectivity index (χ2v) is 9.52. The van der Waals surface area contributed by atoms with Crippen LogP contribution in [0.4, 0.5) is 8.78 Å². The smallest absolute Gasteiger partial charge is 0.160 e. The number of halogens is 2. The lowest BCUT2D eigenvalue weighted by Crippen LogP contribution is -2.47. The summed E-state index contributed by atoms with van der Waals surface area (Å²) in [5.41, 5.74) is 0. The van der Waals surface area contributed by atoms with Crippen molar-refractivity contribution in [2.75, 3.05) is 13.2 Å². The molecule has 4 unspecified atom stereocenters. The normalized spacial score (nSPS) is 42.2. The standard InChI is InChI=1S/C24H40F2O2/c1-3-17-5-9-19(10-6-17)15-27-21-13-14-22(24(26)23(21)25)28-16-20-11-7-18(4-2)8-12-20/h3,17-24H,1,4-16H2,2H3. The molecule has 0 amide bonds. The zero-order valence-corrected chi connectivity index (χ0v) is 17.7. The molecule has 3 aliphatic rings. The van der Waals surface area contributed by atoms with E-state index in [2.05, 4.69) is 13.5 Å². The molecule has 4 heteroatoms. The fourth-order valence-electron chi connectivity index (χ4n) is 5.32. The third-order valence-electron chi connectivity index (χ3n) is 7.61. The van der Waals surface area contributed by atoms with Crippen LogP contribution in [0, 0.1) is 23.7 Å². The summed E-state index contributed by atoms with van der Waals surface area (Å²) in [7, 11) is 0. The third-order valence-corrected chi connectivity index (χ3v) is 7.61. The van der Waals surface area contributed by atoms with Gasteiger partial charge in [0.2, 0.25) is 0 Å². The molecule has 0 aromatic heterocycles. The van der Waals surface area contributed by atoms with E-state index in [9.17, 15) is 8.78 Å². The van der Waals surface area contributed by atoms with Crippen molar-refractivity contribution in [3.8, 4) is 0 Å². The van der Waals surface area contributed by atoms with Crippen molar-refractivity contribution >= 4 is 0 Å². The minimum absolute atomic E-state index is 0.480. The van der Waals surface area contributed by atoms with Gasteiger partial charge in [-0.15, -0.1) is 6.58 Å². The molecule has 0 aliphatic heterocycles. The van der Waals surface area contributed by atoms with Crippen LogP contribution in [0.1, 0.15) is 77.6 Å². The Labute approximate surface area is 170 Å². The van der Waals surface area contributed by atoms with Crippen LogP contribution in [0.2, 0.25) is 0 Å². The Morgan fingerprint density at radius 1 is 0.714 bits per heavy atom. The largest absolute Gasteiger partial charge is 0.375 e. The molecule has 28 heavy (non-hydrogen) atoms. The van der Waals surface area contributed by atoms with E-state index >= 15 is 0 Å². The lowest BCUT2D eigenvalue weighted by molar-refractivity contribution is -0.128. The van der Waals surface area contributed by atoms with Crippen LogP contribution in [0.3, 0.4) is 0 Å². The van der Waals surface area contributed by atoms with Crippen LogP contribution < -0.4 is 0 Å². The highest BCUT2D eigenvalue weighted by Gasteiger charge is 2.42. The first-order chi connectivity index (χ1) is 13.6. The van der Waals surface area contributed by atoms with E-state index in [0.717, 1.165) is 31.6 Å². The molecule has 0 aromatic carbocycles. The molecule has 0 heterocycles. The first kappa shape index (κ1) is 22.2. The van der Waals surface area contributed by atoms with E-state index in [4.69, 9.17) is 9.47 Å². The summed E-state index contributed by atoms with van der Waals surface area (Å²) < 4.78 is 41.0. The van der Waals surface area contributed by atoms with E-state index in [-0.39, 0.29) is 0 Å². The quantitative estimate of drug-likeness (QED) is 0.438. The van der Waals surface area contributed by atoms with Crippen molar-refractivity contribution < 1.29 is 18.3 Å². The maximum absolute atomic E-state index is 14.6. The Kier molecular flexibility index (Phi) is 8.77. The van der Waals surface area contributed by atoms with E-state index in [1.165, 1.54) is 32.1 Å². The number of allylic oxidation sites excluding steroid dienone is 1. The zero-order chi connectivity index (χ0) is 19.9. The second-order valence-electron chi connectivity index (χ2n) is 9.52. The minimum atomic E-state index is -1.56. The average Bonchev–Trinajstić information content (AvgIpc) is 2.75. The highest BCUT2D eigenvalue weighted by molar-refractivity contribution is 4.91. The molecule has 3 fully saturated rings. The first-order valence-electron chi connectivity index (χ1n) is 11.7. The molecule has 162 valence electrons. The maximum Gasteiger partial charge on any atom is 0.160 e. The summed E-state index contributed by atoms with van der Waals surface area (Å²) >= 11 is 0. The number of alkyl halides is 2. The lowest BCUT2D eigenvalue weighted by atomic mass is 9.81. The Morgan fingerprint density at radius 2 is 1.14 bits per heavy atom. The first-order valence-corrected chi connectivity index (χ1v) is 11.7. The van der Waals surface area contributed by atoms with Gasteiger partial charge in [0.15, 0.2) is 12.3 Å². The molecule has 0 spiro atoms.